The van der Waals surface area contributed by atoms with Crippen molar-refractivity contribution in [3.8, 4) is 0 Å². The summed E-state index contributed by atoms with van der Waals surface area (Å²) in [5.74, 6) is 3.99. The van der Waals surface area contributed by atoms with Crippen molar-refractivity contribution in [3.05, 3.63) is 24.3 Å². The van der Waals surface area contributed by atoms with E-state index in [1.165, 1.54) is 64.2 Å². The van der Waals surface area contributed by atoms with E-state index in [1.807, 2.05) is 0 Å². The van der Waals surface area contributed by atoms with Gasteiger partial charge >= 0.3 is 0 Å². The quantitative estimate of drug-likeness (QED) is 0.367. The summed E-state index contributed by atoms with van der Waals surface area (Å²) in [6.07, 6.45) is 22.2. The van der Waals surface area contributed by atoms with Crippen LogP contribution in [0.5, 0.6) is 0 Å². The molecule has 0 amide bonds. The van der Waals surface area contributed by atoms with Crippen LogP contribution in [0.4, 0.5) is 8.78 Å². The molecule has 0 radical (unpaired) electrons. The molecule has 29 heavy (non-hydrogen) atoms. The maximum Gasteiger partial charge on any atom is 0.266 e. The van der Waals surface area contributed by atoms with Gasteiger partial charge in [0.1, 0.15) is 0 Å². The van der Waals surface area contributed by atoms with E-state index in [4.69, 9.17) is 4.74 Å². The normalized spacial score (nSPS) is 36.2. The minimum atomic E-state index is -1.54. The number of halogens is 2. The monoisotopic (exact) mass is 408 g/mol. The van der Waals surface area contributed by atoms with Crippen molar-refractivity contribution in [1.82, 2.24) is 0 Å². The molecule has 1 saturated heterocycles. The lowest BCUT2D eigenvalue weighted by atomic mass is 9.73. The molecule has 2 unspecified atom stereocenters. The lowest BCUT2D eigenvalue weighted by Gasteiger charge is -2.38. The molecule has 2 aliphatic carbocycles. The molecule has 2 atom stereocenters. The van der Waals surface area contributed by atoms with Gasteiger partial charge in [0.2, 0.25) is 0 Å². The molecular formula is C26H42F2O. The van der Waals surface area contributed by atoms with E-state index >= 15 is 0 Å². The highest BCUT2D eigenvalue weighted by atomic mass is 19.3. The highest BCUT2D eigenvalue weighted by molar-refractivity contribution is 4.89. The molecule has 1 nitrogen and oxygen atoms in total. The van der Waals surface area contributed by atoms with Crippen molar-refractivity contribution in [3.63, 3.8) is 0 Å². The van der Waals surface area contributed by atoms with Crippen molar-refractivity contribution in [2.75, 3.05) is 6.61 Å². The minimum absolute atomic E-state index is 0.433. The molecular weight excluding hydrogens is 366 g/mol. The predicted octanol–water partition coefficient (Wildman–Crippen LogP) is 8.31. The summed E-state index contributed by atoms with van der Waals surface area (Å²) in [4.78, 5) is 0. The molecule has 166 valence electrons. The van der Waals surface area contributed by atoms with E-state index in [2.05, 4.69) is 19.1 Å². The Kier molecular flexibility index (Phi) is 9.69. The first-order chi connectivity index (χ1) is 14.1. The molecule has 0 aromatic heterocycles. The van der Waals surface area contributed by atoms with E-state index in [-0.39, 0.29) is 0 Å². The Morgan fingerprint density at radius 1 is 0.793 bits per heavy atom. The second-order valence-corrected chi connectivity index (χ2v) is 10.1. The topological polar surface area (TPSA) is 9.23 Å². The Morgan fingerprint density at radius 2 is 1.41 bits per heavy atom. The van der Waals surface area contributed by atoms with Crippen LogP contribution in [0.3, 0.4) is 0 Å². The summed E-state index contributed by atoms with van der Waals surface area (Å²) in [6, 6.07) is 0. The fraction of sp³-hybridized carbons (Fsp3) is 0.846. The van der Waals surface area contributed by atoms with E-state index in [9.17, 15) is 8.78 Å². The molecule has 0 aromatic rings. The van der Waals surface area contributed by atoms with Gasteiger partial charge in [0, 0.05) is 6.61 Å². The van der Waals surface area contributed by atoms with E-state index in [0.29, 0.717) is 18.4 Å². The van der Waals surface area contributed by atoms with Crippen LogP contribution in [0.1, 0.15) is 96.8 Å². The van der Waals surface area contributed by atoms with Crippen molar-refractivity contribution < 1.29 is 13.5 Å². The molecule has 1 heterocycles. The van der Waals surface area contributed by atoms with Gasteiger partial charge in [-0.3, -0.25) is 0 Å². The Bertz CT molecular complexity index is 501. The number of rotatable bonds is 8. The fourth-order valence-corrected chi connectivity index (χ4v) is 6.12. The third-order valence-corrected chi connectivity index (χ3v) is 8.04. The van der Waals surface area contributed by atoms with Crippen LogP contribution in [0.2, 0.25) is 0 Å². The molecule has 3 rings (SSSR count). The summed E-state index contributed by atoms with van der Waals surface area (Å²) < 4.78 is 30.5. The van der Waals surface area contributed by atoms with E-state index in [1.54, 1.807) is 0 Å². The van der Waals surface area contributed by atoms with Gasteiger partial charge in [0.05, 0.1) is 6.10 Å². The lowest BCUT2D eigenvalue weighted by molar-refractivity contribution is -0.0595. The zero-order valence-electron chi connectivity index (χ0n) is 18.5. The summed E-state index contributed by atoms with van der Waals surface area (Å²) in [7, 11) is 0. The van der Waals surface area contributed by atoms with Crippen molar-refractivity contribution in [2.45, 2.75) is 103 Å². The highest BCUT2D eigenvalue weighted by Crippen LogP contribution is 2.40. The van der Waals surface area contributed by atoms with Gasteiger partial charge in [-0.15, -0.1) is 0 Å². The SMILES string of the molecule is C/C=C/C1CCC(CCC2CCC(C3CCC(CCC=C(F)F)CO3)CC2)CC1. The first-order valence-electron chi connectivity index (χ1n) is 12.4. The highest BCUT2D eigenvalue weighted by Gasteiger charge is 2.31. The second kappa shape index (κ2) is 12.2. The standard InChI is InChI=1S/C26H42F2O/c1-2-4-20-7-9-21(10-8-20)11-12-22-13-16-24(17-14-22)25-18-15-23(19-29-25)5-3-6-26(27)28/h2,4,6,20-25H,3,5,7-19H2,1H3/b4-2+. The van der Waals surface area contributed by atoms with Crippen LogP contribution in [-0.4, -0.2) is 12.7 Å². The van der Waals surface area contributed by atoms with Crippen molar-refractivity contribution in [1.29, 1.82) is 0 Å². The number of hydrogen-bond donors (Lipinski definition) is 0. The van der Waals surface area contributed by atoms with Gasteiger partial charge in [-0.05, 0) is 107 Å². The molecule has 0 aromatic carbocycles. The van der Waals surface area contributed by atoms with Crippen LogP contribution in [0.15, 0.2) is 24.3 Å². The van der Waals surface area contributed by atoms with Crippen LogP contribution < -0.4 is 0 Å². The predicted molar refractivity (Wildman–Crippen MR) is 117 cm³/mol. The van der Waals surface area contributed by atoms with Gasteiger partial charge in [0.25, 0.3) is 6.08 Å². The Balaban J connectivity index is 1.27. The van der Waals surface area contributed by atoms with Gasteiger partial charge in [-0.1, -0.05) is 37.8 Å². The number of ether oxygens (including phenoxy) is 1. The molecule has 3 heteroatoms. The van der Waals surface area contributed by atoms with Crippen molar-refractivity contribution in [2.24, 2.45) is 29.6 Å². The van der Waals surface area contributed by atoms with Gasteiger partial charge < -0.3 is 4.74 Å². The molecule has 1 aliphatic heterocycles. The zero-order valence-corrected chi connectivity index (χ0v) is 18.5. The molecule has 0 N–H and O–H groups in total. The van der Waals surface area contributed by atoms with Crippen molar-refractivity contribution >= 4 is 0 Å². The van der Waals surface area contributed by atoms with Crippen LogP contribution in [0, 0.1) is 29.6 Å². The smallest absolute Gasteiger partial charge is 0.266 e. The largest absolute Gasteiger partial charge is 0.378 e. The second-order valence-electron chi connectivity index (χ2n) is 10.1. The third kappa shape index (κ3) is 7.81. The summed E-state index contributed by atoms with van der Waals surface area (Å²) in [5, 5.41) is 0. The molecule has 3 aliphatic rings. The zero-order chi connectivity index (χ0) is 20.5. The fourth-order valence-electron chi connectivity index (χ4n) is 6.12. The van der Waals surface area contributed by atoms with Gasteiger partial charge in [-0.25, -0.2) is 0 Å². The van der Waals surface area contributed by atoms with Gasteiger partial charge in [-0.2, -0.15) is 8.78 Å². The molecule has 0 spiro atoms. The lowest BCUT2D eigenvalue weighted by Crippen LogP contribution is -2.34. The van der Waals surface area contributed by atoms with E-state index < -0.39 is 6.08 Å². The maximum absolute atomic E-state index is 12.2. The molecule has 3 fully saturated rings. The van der Waals surface area contributed by atoms with Crippen LogP contribution >= 0.6 is 0 Å². The van der Waals surface area contributed by atoms with Crippen LogP contribution in [-0.2, 0) is 4.74 Å². The summed E-state index contributed by atoms with van der Waals surface area (Å²) in [6.45, 7) is 2.93. The Morgan fingerprint density at radius 3 is 1.97 bits per heavy atom. The first-order valence-corrected chi connectivity index (χ1v) is 12.4. The summed E-state index contributed by atoms with van der Waals surface area (Å²) >= 11 is 0. The van der Waals surface area contributed by atoms with E-state index in [0.717, 1.165) is 55.6 Å². The number of hydrogen-bond acceptors (Lipinski definition) is 1. The average Bonchev–Trinajstić information content (AvgIpc) is 2.74. The third-order valence-electron chi connectivity index (χ3n) is 8.04. The first kappa shape index (κ1) is 23.0. The van der Waals surface area contributed by atoms with Gasteiger partial charge in [0.15, 0.2) is 0 Å². The Labute approximate surface area is 177 Å². The maximum atomic E-state index is 12.2. The van der Waals surface area contributed by atoms with Crippen LogP contribution in [0.25, 0.3) is 0 Å². The average molecular weight is 409 g/mol. The Hall–Kier alpha value is -0.700. The summed E-state index contributed by atoms with van der Waals surface area (Å²) in [5.41, 5.74) is 0. The number of allylic oxidation sites excluding steroid dienone is 3. The minimum Gasteiger partial charge on any atom is -0.378 e. The molecule has 2 saturated carbocycles. The molecule has 0 bridgehead atoms.